The Morgan fingerprint density at radius 2 is 1.88 bits per heavy atom. The maximum absolute atomic E-state index is 11.7. The molecule has 1 heterocycles. The van der Waals surface area contributed by atoms with Gasteiger partial charge < -0.3 is 0 Å². The highest BCUT2D eigenvalue weighted by Gasteiger charge is 2.28. The standard InChI is InChI=1S/C13H15NO2S/c1-8-4-3-5-9(2)12(8)17-10-6-7-11(15)14-13(10)16/h3-5,10H,6-7H2,1-2H3,(H,14,15,16). The van der Waals surface area contributed by atoms with Gasteiger partial charge in [-0.2, -0.15) is 0 Å². The van der Waals surface area contributed by atoms with E-state index in [1.165, 1.54) is 11.1 Å². The van der Waals surface area contributed by atoms with Gasteiger partial charge in [0.05, 0.1) is 5.25 Å². The second kappa shape index (κ2) is 4.92. The van der Waals surface area contributed by atoms with Crippen molar-refractivity contribution in [1.82, 2.24) is 5.32 Å². The molecule has 1 atom stereocenters. The van der Waals surface area contributed by atoms with Crippen molar-refractivity contribution in [2.75, 3.05) is 0 Å². The van der Waals surface area contributed by atoms with Crippen LogP contribution >= 0.6 is 11.8 Å². The van der Waals surface area contributed by atoms with Crippen LogP contribution < -0.4 is 5.32 Å². The number of hydrogen-bond donors (Lipinski definition) is 1. The smallest absolute Gasteiger partial charge is 0.240 e. The summed E-state index contributed by atoms with van der Waals surface area (Å²) in [4.78, 5) is 23.9. The predicted octanol–water partition coefficient (Wildman–Crippen LogP) is 2.20. The Balaban J connectivity index is 2.16. The van der Waals surface area contributed by atoms with Crippen LogP contribution in [0, 0.1) is 13.8 Å². The molecule has 1 fully saturated rings. The molecule has 17 heavy (non-hydrogen) atoms. The molecule has 1 unspecified atom stereocenters. The number of aryl methyl sites for hydroxylation is 2. The average Bonchev–Trinajstić information content (AvgIpc) is 2.26. The Morgan fingerprint density at radius 1 is 1.24 bits per heavy atom. The zero-order chi connectivity index (χ0) is 12.4. The van der Waals surface area contributed by atoms with E-state index >= 15 is 0 Å². The lowest BCUT2D eigenvalue weighted by Crippen LogP contribution is -2.42. The maximum atomic E-state index is 11.7. The molecule has 1 N–H and O–H groups in total. The summed E-state index contributed by atoms with van der Waals surface area (Å²) in [5.74, 6) is -0.317. The van der Waals surface area contributed by atoms with Gasteiger partial charge in [0.15, 0.2) is 0 Å². The molecule has 4 heteroatoms. The first-order valence-corrected chi connectivity index (χ1v) is 6.52. The quantitative estimate of drug-likeness (QED) is 0.817. The SMILES string of the molecule is Cc1cccc(C)c1SC1CCC(=O)NC1=O. The summed E-state index contributed by atoms with van der Waals surface area (Å²) in [5, 5.41) is 2.24. The molecule has 0 aliphatic carbocycles. The summed E-state index contributed by atoms with van der Waals surface area (Å²) < 4.78 is 0. The van der Waals surface area contributed by atoms with Gasteiger partial charge in [-0.25, -0.2) is 0 Å². The minimum absolute atomic E-state index is 0.146. The van der Waals surface area contributed by atoms with Gasteiger partial charge in [0, 0.05) is 11.3 Å². The monoisotopic (exact) mass is 249 g/mol. The number of hydrogen-bond acceptors (Lipinski definition) is 3. The Kier molecular flexibility index (Phi) is 3.52. The molecule has 2 rings (SSSR count). The van der Waals surface area contributed by atoms with E-state index in [0.717, 1.165) is 4.90 Å². The van der Waals surface area contributed by atoms with Crippen LogP contribution in [0.1, 0.15) is 24.0 Å². The fourth-order valence-electron chi connectivity index (χ4n) is 1.91. The molecule has 0 saturated carbocycles. The molecule has 3 nitrogen and oxygen atoms in total. The first kappa shape index (κ1) is 12.2. The number of nitrogens with one attached hydrogen (secondary N) is 1. The number of thioether (sulfide) groups is 1. The predicted molar refractivity (Wildman–Crippen MR) is 67.9 cm³/mol. The largest absolute Gasteiger partial charge is 0.295 e. The highest BCUT2D eigenvalue weighted by atomic mass is 32.2. The Labute approximate surface area is 105 Å². The van der Waals surface area contributed by atoms with Gasteiger partial charge in [-0.3, -0.25) is 14.9 Å². The zero-order valence-corrected chi connectivity index (χ0v) is 10.8. The number of imide groups is 1. The van der Waals surface area contributed by atoms with E-state index in [0.29, 0.717) is 12.8 Å². The van der Waals surface area contributed by atoms with Gasteiger partial charge in [0.2, 0.25) is 11.8 Å². The van der Waals surface area contributed by atoms with Crippen LogP contribution in [0.15, 0.2) is 23.1 Å². The fourth-order valence-corrected chi connectivity index (χ4v) is 3.11. The van der Waals surface area contributed by atoms with Crippen molar-refractivity contribution in [1.29, 1.82) is 0 Å². The molecule has 1 aromatic carbocycles. The normalized spacial score (nSPS) is 20.2. The third-order valence-electron chi connectivity index (χ3n) is 2.86. The number of carbonyl (C=O) groups excluding carboxylic acids is 2. The fraction of sp³-hybridized carbons (Fsp3) is 0.385. The molecule has 1 aromatic rings. The van der Waals surface area contributed by atoms with E-state index in [1.54, 1.807) is 11.8 Å². The molecule has 2 amide bonds. The summed E-state index contributed by atoms with van der Waals surface area (Å²) in [7, 11) is 0. The Hall–Kier alpha value is -1.29. The van der Waals surface area contributed by atoms with E-state index in [1.807, 2.05) is 32.0 Å². The van der Waals surface area contributed by atoms with E-state index < -0.39 is 0 Å². The molecular formula is C13H15NO2S. The first-order valence-electron chi connectivity index (χ1n) is 5.64. The van der Waals surface area contributed by atoms with Gasteiger partial charge in [-0.05, 0) is 31.4 Å². The highest BCUT2D eigenvalue weighted by Crippen LogP contribution is 2.32. The maximum Gasteiger partial charge on any atom is 0.240 e. The molecule has 90 valence electrons. The molecule has 1 saturated heterocycles. The van der Waals surface area contributed by atoms with Crippen LogP contribution in [0.25, 0.3) is 0 Å². The van der Waals surface area contributed by atoms with Crippen molar-refractivity contribution >= 4 is 23.6 Å². The van der Waals surface area contributed by atoms with E-state index in [4.69, 9.17) is 0 Å². The van der Waals surface area contributed by atoms with Crippen LogP contribution in [0.4, 0.5) is 0 Å². The molecule has 0 radical (unpaired) electrons. The minimum atomic E-state index is -0.159. The van der Waals surface area contributed by atoms with Crippen LogP contribution in [-0.2, 0) is 9.59 Å². The van der Waals surface area contributed by atoms with Crippen molar-refractivity contribution in [2.45, 2.75) is 36.8 Å². The summed E-state index contributed by atoms with van der Waals surface area (Å²) in [6, 6.07) is 6.10. The molecular weight excluding hydrogens is 234 g/mol. The molecule has 1 aliphatic heterocycles. The lowest BCUT2D eigenvalue weighted by Gasteiger charge is -2.21. The van der Waals surface area contributed by atoms with Crippen molar-refractivity contribution < 1.29 is 9.59 Å². The van der Waals surface area contributed by atoms with E-state index in [2.05, 4.69) is 5.32 Å². The van der Waals surface area contributed by atoms with Gasteiger partial charge in [0.1, 0.15) is 0 Å². The van der Waals surface area contributed by atoms with Gasteiger partial charge in [-0.1, -0.05) is 18.2 Å². The van der Waals surface area contributed by atoms with Crippen LogP contribution in [0.5, 0.6) is 0 Å². The number of carbonyl (C=O) groups is 2. The first-order chi connectivity index (χ1) is 8.08. The lowest BCUT2D eigenvalue weighted by atomic mass is 10.1. The van der Waals surface area contributed by atoms with Crippen molar-refractivity contribution in [3.05, 3.63) is 29.3 Å². The molecule has 0 spiro atoms. The van der Waals surface area contributed by atoms with Crippen LogP contribution in [0.2, 0.25) is 0 Å². The number of rotatable bonds is 2. The third-order valence-corrected chi connectivity index (χ3v) is 4.47. The van der Waals surface area contributed by atoms with Gasteiger partial charge in [-0.15, -0.1) is 11.8 Å². The summed E-state index contributed by atoms with van der Waals surface area (Å²) in [6.07, 6.45) is 1.07. The minimum Gasteiger partial charge on any atom is -0.295 e. The number of piperidine rings is 1. The van der Waals surface area contributed by atoms with Crippen molar-refractivity contribution in [3.63, 3.8) is 0 Å². The Morgan fingerprint density at radius 3 is 2.47 bits per heavy atom. The Bertz CT molecular complexity index is 450. The van der Waals surface area contributed by atoms with Gasteiger partial charge in [0.25, 0.3) is 0 Å². The summed E-state index contributed by atoms with van der Waals surface area (Å²) in [6.45, 7) is 4.09. The summed E-state index contributed by atoms with van der Waals surface area (Å²) >= 11 is 1.56. The topological polar surface area (TPSA) is 46.2 Å². The number of benzene rings is 1. The van der Waals surface area contributed by atoms with Crippen molar-refractivity contribution in [3.8, 4) is 0 Å². The van der Waals surface area contributed by atoms with Gasteiger partial charge >= 0.3 is 0 Å². The third kappa shape index (κ3) is 2.69. The highest BCUT2D eigenvalue weighted by molar-refractivity contribution is 8.00. The molecule has 0 aromatic heterocycles. The summed E-state index contributed by atoms with van der Waals surface area (Å²) in [5.41, 5.74) is 2.36. The van der Waals surface area contributed by atoms with Crippen LogP contribution in [0.3, 0.4) is 0 Å². The zero-order valence-electron chi connectivity index (χ0n) is 9.95. The van der Waals surface area contributed by atoms with E-state index in [-0.39, 0.29) is 17.1 Å². The lowest BCUT2D eigenvalue weighted by molar-refractivity contribution is -0.132. The number of amides is 2. The molecule has 1 aliphatic rings. The van der Waals surface area contributed by atoms with Crippen molar-refractivity contribution in [2.24, 2.45) is 0 Å². The van der Waals surface area contributed by atoms with Crippen LogP contribution in [-0.4, -0.2) is 17.1 Å². The second-order valence-corrected chi connectivity index (χ2v) is 5.49. The molecule has 0 bridgehead atoms. The average molecular weight is 249 g/mol. The second-order valence-electron chi connectivity index (χ2n) is 4.28. The van der Waals surface area contributed by atoms with E-state index in [9.17, 15) is 9.59 Å².